The van der Waals surface area contributed by atoms with Gasteiger partial charge < -0.3 is 10.6 Å². The van der Waals surface area contributed by atoms with Crippen LogP contribution in [0.4, 0.5) is 20.2 Å². The maximum atomic E-state index is 13.7. The Kier molecular flexibility index (Phi) is 5.79. The van der Waals surface area contributed by atoms with Crippen molar-refractivity contribution in [2.45, 2.75) is 13.3 Å². The summed E-state index contributed by atoms with van der Waals surface area (Å²) in [4.78, 5) is 24.8. The van der Waals surface area contributed by atoms with Crippen molar-refractivity contribution in [2.75, 3.05) is 10.6 Å². The molecule has 0 aromatic heterocycles. The van der Waals surface area contributed by atoms with Gasteiger partial charge in [0.05, 0.1) is 0 Å². The molecule has 0 heterocycles. The molecule has 2 amide bonds. The van der Waals surface area contributed by atoms with Crippen LogP contribution < -0.4 is 10.6 Å². The monoisotopic (exact) mass is 380 g/mol. The van der Waals surface area contributed by atoms with Crippen molar-refractivity contribution in [3.05, 3.63) is 95.1 Å². The van der Waals surface area contributed by atoms with Crippen LogP contribution in [0.5, 0.6) is 0 Å². The molecule has 0 bridgehead atoms. The van der Waals surface area contributed by atoms with E-state index in [9.17, 15) is 18.4 Å². The highest BCUT2D eigenvalue weighted by Crippen LogP contribution is 2.19. The summed E-state index contributed by atoms with van der Waals surface area (Å²) in [6, 6.07) is 16.6. The molecule has 4 nitrogen and oxygen atoms in total. The van der Waals surface area contributed by atoms with Crippen LogP contribution in [0.15, 0.2) is 66.7 Å². The Bertz CT molecular complexity index is 997. The highest BCUT2D eigenvalue weighted by molar-refractivity contribution is 6.08. The van der Waals surface area contributed by atoms with E-state index in [1.807, 2.05) is 19.1 Å². The van der Waals surface area contributed by atoms with Crippen LogP contribution in [0.2, 0.25) is 0 Å². The zero-order chi connectivity index (χ0) is 20.1. The Morgan fingerprint density at radius 3 is 1.89 bits per heavy atom. The lowest BCUT2D eigenvalue weighted by molar-refractivity contribution is 0.102. The Morgan fingerprint density at radius 1 is 0.786 bits per heavy atom. The lowest BCUT2D eigenvalue weighted by Crippen LogP contribution is -2.16. The zero-order valence-corrected chi connectivity index (χ0v) is 15.1. The topological polar surface area (TPSA) is 58.2 Å². The fourth-order valence-electron chi connectivity index (χ4n) is 2.63. The summed E-state index contributed by atoms with van der Waals surface area (Å²) in [6.07, 6.45) is 0.897. The van der Waals surface area contributed by atoms with Gasteiger partial charge in [0.2, 0.25) is 0 Å². The number of rotatable bonds is 5. The zero-order valence-electron chi connectivity index (χ0n) is 15.1. The quantitative estimate of drug-likeness (QED) is 0.652. The molecule has 3 aromatic carbocycles. The van der Waals surface area contributed by atoms with Gasteiger partial charge in [-0.3, -0.25) is 9.59 Å². The predicted octanol–water partition coefficient (Wildman–Crippen LogP) is 5.03. The van der Waals surface area contributed by atoms with Gasteiger partial charge in [0.15, 0.2) is 0 Å². The van der Waals surface area contributed by atoms with Crippen LogP contribution >= 0.6 is 0 Å². The number of anilines is 2. The Labute approximate surface area is 161 Å². The molecule has 0 saturated heterocycles. The number of hydrogen-bond acceptors (Lipinski definition) is 2. The first-order valence-electron chi connectivity index (χ1n) is 8.73. The summed E-state index contributed by atoms with van der Waals surface area (Å²) in [5, 5.41) is 4.96. The molecule has 0 aliphatic rings. The molecule has 0 saturated carbocycles. The number of benzene rings is 3. The molecule has 3 rings (SSSR count). The molecule has 142 valence electrons. The minimum atomic E-state index is -0.877. The van der Waals surface area contributed by atoms with Gasteiger partial charge >= 0.3 is 0 Å². The van der Waals surface area contributed by atoms with Gasteiger partial charge in [-0.05, 0) is 54.4 Å². The maximum absolute atomic E-state index is 13.7. The molecule has 0 fully saturated rings. The normalized spacial score (nSPS) is 10.4. The number of amides is 2. The van der Waals surface area contributed by atoms with Crippen LogP contribution in [-0.4, -0.2) is 11.8 Å². The van der Waals surface area contributed by atoms with E-state index in [-0.39, 0.29) is 11.1 Å². The molecule has 0 atom stereocenters. The van der Waals surface area contributed by atoms with Crippen LogP contribution in [-0.2, 0) is 6.42 Å². The number of hydrogen-bond donors (Lipinski definition) is 2. The molecule has 0 aliphatic heterocycles. The molecule has 0 aliphatic carbocycles. The largest absolute Gasteiger partial charge is 0.322 e. The van der Waals surface area contributed by atoms with E-state index in [1.165, 1.54) is 24.3 Å². The molecular formula is C22H18F2N2O2. The molecule has 28 heavy (non-hydrogen) atoms. The lowest BCUT2D eigenvalue weighted by atomic mass is 10.1. The van der Waals surface area contributed by atoms with Crippen molar-refractivity contribution in [3.63, 3.8) is 0 Å². The van der Waals surface area contributed by atoms with E-state index in [0.29, 0.717) is 5.69 Å². The fourth-order valence-corrected chi connectivity index (χ4v) is 2.63. The molecule has 0 spiro atoms. The molecule has 6 heteroatoms. The average Bonchev–Trinajstić information content (AvgIpc) is 2.71. The fraction of sp³-hybridized carbons (Fsp3) is 0.0909. The second-order valence-corrected chi connectivity index (χ2v) is 6.14. The Balaban J connectivity index is 1.75. The maximum Gasteiger partial charge on any atom is 0.255 e. The van der Waals surface area contributed by atoms with Crippen molar-refractivity contribution >= 4 is 23.2 Å². The molecular weight excluding hydrogens is 362 g/mol. The molecule has 2 N–H and O–H groups in total. The van der Waals surface area contributed by atoms with Crippen molar-refractivity contribution < 1.29 is 18.4 Å². The van der Waals surface area contributed by atoms with Crippen molar-refractivity contribution in [3.8, 4) is 0 Å². The van der Waals surface area contributed by atoms with E-state index in [0.717, 1.165) is 24.1 Å². The van der Waals surface area contributed by atoms with E-state index in [4.69, 9.17) is 0 Å². The summed E-state index contributed by atoms with van der Waals surface area (Å²) >= 11 is 0. The molecule has 0 radical (unpaired) electrons. The van der Waals surface area contributed by atoms with Gasteiger partial charge in [0.25, 0.3) is 11.8 Å². The van der Waals surface area contributed by atoms with Crippen molar-refractivity contribution in [1.29, 1.82) is 0 Å². The van der Waals surface area contributed by atoms with Crippen molar-refractivity contribution in [2.24, 2.45) is 0 Å². The first-order valence-corrected chi connectivity index (χ1v) is 8.73. The number of carbonyl (C=O) groups is 2. The second kappa shape index (κ2) is 8.43. The summed E-state index contributed by atoms with van der Waals surface area (Å²) < 4.78 is 27.4. The molecule has 3 aromatic rings. The smallest absolute Gasteiger partial charge is 0.255 e. The van der Waals surface area contributed by atoms with Crippen LogP contribution in [0.25, 0.3) is 0 Å². The highest BCUT2D eigenvalue weighted by atomic mass is 19.1. The minimum absolute atomic E-state index is 0.108. The van der Waals surface area contributed by atoms with Crippen molar-refractivity contribution in [1.82, 2.24) is 0 Å². The highest BCUT2D eigenvalue weighted by Gasteiger charge is 2.15. The standard InChI is InChI=1S/C22H18F2N2O2/c1-2-14-9-11-17(12-10-14)25-21(27)15-5-3-6-16(13-15)22(28)26-20-18(23)7-4-8-19(20)24/h3-13H,2H2,1H3,(H,25,27)(H,26,28). The number of carbonyl (C=O) groups excluding carboxylic acids is 2. The van der Waals surface area contributed by atoms with Crippen LogP contribution in [0, 0.1) is 11.6 Å². The van der Waals surface area contributed by atoms with E-state index >= 15 is 0 Å². The van der Waals surface area contributed by atoms with Gasteiger partial charge in [0, 0.05) is 16.8 Å². The number of nitrogens with one attached hydrogen (secondary N) is 2. The number of halogens is 2. The van der Waals surface area contributed by atoms with Crippen LogP contribution in [0.3, 0.4) is 0 Å². The van der Waals surface area contributed by atoms with E-state index in [2.05, 4.69) is 10.6 Å². The van der Waals surface area contributed by atoms with Crippen LogP contribution in [0.1, 0.15) is 33.2 Å². The summed E-state index contributed by atoms with van der Waals surface area (Å²) in [6.45, 7) is 2.04. The number of aryl methyl sites for hydroxylation is 1. The average molecular weight is 380 g/mol. The Morgan fingerprint density at radius 2 is 1.32 bits per heavy atom. The number of para-hydroxylation sites is 1. The van der Waals surface area contributed by atoms with Gasteiger partial charge in [0.1, 0.15) is 17.3 Å². The van der Waals surface area contributed by atoms with E-state index < -0.39 is 29.1 Å². The third-order valence-corrected chi connectivity index (χ3v) is 4.21. The third-order valence-electron chi connectivity index (χ3n) is 4.21. The summed E-state index contributed by atoms with van der Waals surface area (Å²) in [5.41, 5.74) is 1.61. The second-order valence-electron chi connectivity index (χ2n) is 6.14. The lowest BCUT2D eigenvalue weighted by Gasteiger charge is -2.09. The Hall–Kier alpha value is -3.54. The van der Waals surface area contributed by atoms with Gasteiger partial charge in [-0.2, -0.15) is 0 Å². The summed E-state index contributed by atoms with van der Waals surface area (Å²) in [7, 11) is 0. The van der Waals surface area contributed by atoms with Gasteiger partial charge in [-0.25, -0.2) is 8.78 Å². The van der Waals surface area contributed by atoms with Gasteiger partial charge in [-0.1, -0.05) is 31.2 Å². The van der Waals surface area contributed by atoms with Gasteiger partial charge in [-0.15, -0.1) is 0 Å². The first-order chi connectivity index (χ1) is 13.5. The predicted molar refractivity (Wildman–Crippen MR) is 105 cm³/mol. The molecule has 0 unspecified atom stereocenters. The first kappa shape index (κ1) is 19.2. The summed E-state index contributed by atoms with van der Waals surface area (Å²) in [5.74, 6) is -2.86. The SMILES string of the molecule is CCc1ccc(NC(=O)c2cccc(C(=O)Nc3c(F)cccc3F)c2)cc1. The third kappa shape index (κ3) is 4.40. The van der Waals surface area contributed by atoms with E-state index in [1.54, 1.807) is 18.2 Å². The minimum Gasteiger partial charge on any atom is -0.322 e.